The molecule has 64 heavy (non-hydrogen) atoms. The summed E-state index contributed by atoms with van der Waals surface area (Å²) in [5.74, 6) is -0.305. The van der Waals surface area contributed by atoms with Gasteiger partial charge in [0.15, 0.2) is 16.6 Å². The third-order valence-corrected chi connectivity index (χ3v) is 12.6. The molecule has 7 rings (SSSR count). The number of rotatable bonds is 12. The van der Waals surface area contributed by atoms with Crippen molar-refractivity contribution in [1.29, 1.82) is 10.5 Å². The quantitative estimate of drug-likeness (QED) is 0.0565. The van der Waals surface area contributed by atoms with E-state index in [4.69, 9.17) is 23.2 Å². The summed E-state index contributed by atoms with van der Waals surface area (Å²) < 4.78 is 67.9. The second-order valence-electron chi connectivity index (χ2n) is 13.5. The number of nitrogens with one attached hydrogen (secondary N) is 3. The van der Waals surface area contributed by atoms with Gasteiger partial charge in [0.05, 0.1) is 16.3 Å². The highest BCUT2D eigenvalue weighted by Crippen LogP contribution is 2.49. The monoisotopic (exact) mass is 950 g/mol. The fourth-order valence-electron chi connectivity index (χ4n) is 6.31. The molecule has 0 aliphatic carbocycles. The number of hydrogen-bond donors (Lipinski definition) is 5. The van der Waals surface area contributed by atoms with Crippen molar-refractivity contribution < 1.29 is 30.7 Å². The molecule has 320 valence electrons. The van der Waals surface area contributed by atoms with Gasteiger partial charge in [-0.05, 0) is 90.7 Å². The van der Waals surface area contributed by atoms with Crippen LogP contribution in [-0.2, 0) is 25.0 Å². The topological polar surface area (TPSA) is 272 Å². The van der Waals surface area contributed by atoms with E-state index >= 15 is 0 Å². The van der Waals surface area contributed by atoms with Gasteiger partial charge in [0.2, 0.25) is 5.91 Å². The fourth-order valence-corrected chi connectivity index (χ4v) is 9.06. The predicted octanol–water partition coefficient (Wildman–Crippen LogP) is 12.1. The van der Waals surface area contributed by atoms with Crippen LogP contribution in [0.15, 0.2) is 133 Å². The van der Waals surface area contributed by atoms with Gasteiger partial charge in [-0.3, -0.25) is 13.9 Å². The highest BCUT2D eigenvalue weighted by atomic mass is 35.5. The molecule has 0 saturated heterocycles. The van der Waals surface area contributed by atoms with Crippen molar-refractivity contribution in [3.05, 3.63) is 130 Å². The second-order valence-corrected chi connectivity index (χ2v) is 18.1. The van der Waals surface area contributed by atoms with Gasteiger partial charge in [-0.1, -0.05) is 64.9 Å². The molecule has 0 aliphatic heterocycles. The van der Waals surface area contributed by atoms with Crippen LogP contribution in [0.5, 0.6) is 0 Å². The van der Waals surface area contributed by atoms with Crippen LogP contribution in [0.3, 0.4) is 0 Å². The van der Waals surface area contributed by atoms with Crippen molar-refractivity contribution >= 4 is 122 Å². The molecule has 0 aliphatic rings. The van der Waals surface area contributed by atoms with Crippen LogP contribution >= 0.6 is 34.5 Å². The van der Waals surface area contributed by atoms with E-state index in [9.17, 15) is 41.3 Å². The molecule has 0 spiro atoms. The molecule has 22 heteroatoms. The number of thiophene rings is 1. The van der Waals surface area contributed by atoms with E-state index in [1.54, 1.807) is 73.7 Å². The highest BCUT2D eigenvalue weighted by molar-refractivity contribution is 7.86. The van der Waals surface area contributed by atoms with Gasteiger partial charge in [-0.2, -0.15) is 27.4 Å². The number of halogens is 2. The maximum Gasteiger partial charge on any atom is 0.296 e. The number of fused-ring (bicyclic) bond motifs is 1. The molecule has 0 atom stereocenters. The molecule has 0 unspecified atom stereocenters. The number of benzene rings is 5. The maximum atomic E-state index is 12.2. The van der Waals surface area contributed by atoms with Crippen LogP contribution in [0, 0.1) is 29.6 Å². The van der Waals surface area contributed by atoms with Crippen LogP contribution in [0.25, 0.3) is 21.9 Å². The molecule has 0 bridgehead atoms. The lowest BCUT2D eigenvalue weighted by molar-refractivity contribution is -0.114. The zero-order chi connectivity index (χ0) is 45.9. The molecule has 7 aromatic rings. The molecule has 0 saturated carbocycles. The van der Waals surface area contributed by atoms with Crippen LogP contribution in [0.2, 0.25) is 10.0 Å². The Kier molecular flexibility index (Phi) is 12.8. The molecule has 5 aromatic carbocycles. The number of aromatic nitrogens is 1. The van der Waals surface area contributed by atoms with E-state index < -0.39 is 25.1 Å². The van der Waals surface area contributed by atoms with Gasteiger partial charge in [-0.25, -0.2) is 4.98 Å². The highest BCUT2D eigenvalue weighted by Gasteiger charge is 2.24. The van der Waals surface area contributed by atoms with E-state index in [1.807, 2.05) is 0 Å². The largest absolute Gasteiger partial charge is 0.339 e. The lowest BCUT2D eigenvalue weighted by atomic mass is 10.0. The molecule has 2 heterocycles. The Labute approximate surface area is 378 Å². The fraction of sp³-hybridized carbons (Fsp3) is 0.0476. The Morgan fingerprint density at radius 3 is 2.08 bits per heavy atom. The summed E-state index contributed by atoms with van der Waals surface area (Å²) in [7, 11) is -9.30. The minimum atomic E-state index is -4.72. The molecule has 0 radical (unpaired) electrons. The number of pyridine rings is 1. The van der Waals surface area contributed by atoms with E-state index in [1.165, 1.54) is 37.3 Å². The minimum Gasteiger partial charge on any atom is -0.339 e. The van der Waals surface area contributed by atoms with Gasteiger partial charge in [0.1, 0.15) is 38.2 Å². The summed E-state index contributed by atoms with van der Waals surface area (Å²) in [5, 5.41) is 48.8. The first-order chi connectivity index (χ1) is 30.4. The molecule has 5 N–H and O–H groups in total. The lowest BCUT2D eigenvalue weighted by Gasteiger charge is -2.16. The Hall–Kier alpha value is -7.14. The van der Waals surface area contributed by atoms with Crippen LogP contribution < -0.4 is 16.0 Å². The van der Waals surface area contributed by atoms with E-state index in [0.717, 1.165) is 17.4 Å². The normalized spacial score (nSPS) is 11.8. The van der Waals surface area contributed by atoms with Gasteiger partial charge < -0.3 is 16.0 Å². The zero-order valence-corrected chi connectivity index (χ0v) is 36.8. The van der Waals surface area contributed by atoms with Crippen molar-refractivity contribution in [3.8, 4) is 23.3 Å². The molecule has 0 fully saturated rings. The molecule has 1 amide bonds. The van der Waals surface area contributed by atoms with Crippen LogP contribution in [0.1, 0.15) is 23.6 Å². The molecular formula is C42H28Cl2N10O7S3. The Morgan fingerprint density at radius 2 is 1.39 bits per heavy atom. The molecule has 2 aromatic heterocycles. The Morgan fingerprint density at radius 1 is 0.719 bits per heavy atom. The second kappa shape index (κ2) is 18.3. The Balaban J connectivity index is 1.38. The van der Waals surface area contributed by atoms with Gasteiger partial charge in [0, 0.05) is 45.5 Å². The molecule has 17 nitrogen and oxygen atoms in total. The van der Waals surface area contributed by atoms with Crippen molar-refractivity contribution in [2.75, 3.05) is 16.0 Å². The number of carbonyl (C=O) groups excluding carboxylic acids is 1. The number of amides is 1. The van der Waals surface area contributed by atoms with Crippen LogP contribution in [-0.4, -0.2) is 36.8 Å². The molecular weight excluding hydrogens is 924 g/mol. The average Bonchev–Trinajstić information content (AvgIpc) is 3.60. The third kappa shape index (κ3) is 9.89. The third-order valence-electron chi connectivity index (χ3n) is 9.16. The van der Waals surface area contributed by atoms with Gasteiger partial charge in [0.25, 0.3) is 20.2 Å². The first-order valence-corrected chi connectivity index (χ1v) is 22.7. The van der Waals surface area contributed by atoms with Crippen molar-refractivity contribution in [3.63, 3.8) is 0 Å². The number of azo groups is 2. The number of anilines is 5. The van der Waals surface area contributed by atoms with Crippen molar-refractivity contribution in [1.82, 2.24) is 4.98 Å². The first-order valence-electron chi connectivity index (χ1n) is 18.2. The summed E-state index contributed by atoms with van der Waals surface area (Å²) in [6, 6.07) is 30.3. The summed E-state index contributed by atoms with van der Waals surface area (Å²) in [6.07, 6.45) is 0. The predicted molar refractivity (Wildman–Crippen MR) is 244 cm³/mol. The summed E-state index contributed by atoms with van der Waals surface area (Å²) >= 11 is 13.1. The number of hydrogen-bond acceptors (Lipinski definition) is 15. The SMILES string of the molecule is CC(=O)Nc1cccc(-c2c(N=Nc3ccc4cccc(S(=O)(=O)O)c4c3)sc(N=Nc3c(Nc4ccc(Cl)cc4)nc(Nc4ccc(Cl)c(S(=O)(=O)O)c4)c(C#N)c3C)c2C#N)c1. The average molecular weight is 952 g/mol. The maximum absolute atomic E-state index is 12.2. The minimum absolute atomic E-state index is 0.0174. The van der Waals surface area contributed by atoms with E-state index in [2.05, 4.69) is 53.5 Å². The zero-order valence-electron chi connectivity index (χ0n) is 32.9. The number of nitrogens with zero attached hydrogens (tertiary/aromatic N) is 7. The van der Waals surface area contributed by atoms with E-state index in [-0.39, 0.29) is 82.2 Å². The first kappa shape index (κ1) is 44.9. The van der Waals surface area contributed by atoms with Crippen LogP contribution in [0.4, 0.5) is 50.1 Å². The van der Waals surface area contributed by atoms with Gasteiger partial charge >= 0.3 is 0 Å². The summed E-state index contributed by atoms with van der Waals surface area (Å²) in [6.45, 7) is 2.92. The number of nitriles is 2. The number of carbonyl (C=O) groups is 1. The summed E-state index contributed by atoms with van der Waals surface area (Å²) in [4.78, 5) is 15.7. The lowest BCUT2D eigenvalue weighted by Crippen LogP contribution is -2.05. The summed E-state index contributed by atoms with van der Waals surface area (Å²) in [5.41, 5.74) is 2.28. The van der Waals surface area contributed by atoms with E-state index in [0.29, 0.717) is 27.3 Å². The smallest absolute Gasteiger partial charge is 0.296 e. The Bertz CT molecular complexity index is 3420. The van der Waals surface area contributed by atoms with Crippen molar-refractivity contribution in [2.24, 2.45) is 20.5 Å². The van der Waals surface area contributed by atoms with Gasteiger partial charge in [-0.15, -0.1) is 20.5 Å². The van der Waals surface area contributed by atoms with Crippen molar-refractivity contribution in [2.45, 2.75) is 23.6 Å². The standard InChI is InChI=1S/C42H28Cl2N10O7S3/c1-22-32(20-45)39(49-29-15-16-34(44)36(19-29)64(59,60)61)50-40(48-27-13-10-26(43)11-14-27)38(22)52-53-41-33(21-46)37(25-6-3-7-28(17-25)47-23(2)55)42(62-41)54-51-30-12-9-24-5-4-8-35(31(24)18-30)63(56,57)58/h3-19H,1-2H3,(H,47,55)(H2,48,49,50)(H,56,57,58)(H,59,60,61).